The SMILES string of the molecule is CC1CCN(C(=O)NCc2ccccc2CS(C)(=O)=O)CC1C. The summed E-state index contributed by atoms with van der Waals surface area (Å²) in [7, 11) is -3.10. The van der Waals surface area contributed by atoms with Crippen LogP contribution in [-0.4, -0.2) is 38.7 Å². The molecule has 2 amide bonds. The average Bonchev–Trinajstić information content (AvgIpc) is 2.47. The van der Waals surface area contributed by atoms with Gasteiger partial charge in [0.15, 0.2) is 9.84 Å². The van der Waals surface area contributed by atoms with Crippen molar-refractivity contribution in [1.82, 2.24) is 10.2 Å². The zero-order chi connectivity index (χ0) is 17.0. The Balaban J connectivity index is 1.97. The molecule has 1 aromatic rings. The van der Waals surface area contributed by atoms with Gasteiger partial charge in [0.05, 0.1) is 5.75 Å². The van der Waals surface area contributed by atoms with Gasteiger partial charge in [0.25, 0.3) is 0 Å². The lowest BCUT2D eigenvalue weighted by molar-refractivity contribution is 0.144. The first kappa shape index (κ1) is 17.8. The fourth-order valence-corrected chi connectivity index (χ4v) is 3.73. The molecule has 1 aromatic carbocycles. The lowest BCUT2D eigenvalue weighted by Gasteiger charge is -2.35. The molecule has 0 aromatic heterocycles. The topological polar surface area (TPSA) is 66.5 Å². The van der Waals surface area contributed by atoms with Gasteiger partial charge in [0.1, 0.15) is 0 Å². The molecule has 0 spiro atoms. The van der Waals surface area contributed by atoms with Gasteiger partial charge < -0.3 is 10.2 Å². The summed E-state index contributed by atoms with van der Waals surface area (Å²) in [6.45, 7) is 6.30. The van der Waals surface area contributed by atoms with E-state index in [9.17, 15) is 13.2 Å². The Kier molecular flexibility index (Phi) is 5.68. The second-order valence-electron chi connectivity index (χ2n) is 6.69. The summed E-state index contributed by atoms with van der Waals surface area (Å²) in [6, 6.07) is 7.27. The fraction of sp³-hybridized carbons (Fsp3) is 0.588. The van der Waals surface area contributed by atoms with Crippen molar-refractivity contribution in [3.05, 3.63) is 35.4 Å². The van der Waals surface area contributed by atoms with E-state index < -0.39 is 9.84 Å². The Bertz CT molecular complexity index is 658. The Morgan fingerprint density at radius 2 is 1.87 bits per heavy atom. The molecular weight excluding hydrogens is 312 g/mol. The number of likely N-dealkylation sites (tertiary alicyclic amines) is 1. The maximum atomic E-state index is 12.3. The van der Waals surface area contributed by atoms with Crippen molar-refractivity contribution >= 4 is 15.9 Å². The van der Waals surface area contributed by atoms with E-state index >= 15 is 0 Å². The van der Waals surface area contributed by atoms with Gasteiger partial charge in [0, 0.05) is 25.9 Å². The Labute approximate surface area is 139 Å². The van der Waals surface area contributed by atoms with E-state index in [4.69, 9.17) is 0 Å². The number of sulfone groups is 1. The minimum absolute atomic E-state index is 0.00267. The maximum Gasteiger partial charge on any atom is 0.317 e. The lowest BCUT2D eigenvalue weighted by atomic mass is 9.89. The standard InChI is InChI=1S/C17H26N2O3S/c1-13-8-9-19(11-14(13)2)17(20)18-10-15-6-4-5-7-16(15)12-23(3,21)22/h4-7,13-14H,8-12H2,1-3H3,(H,18,20). The van der Waals surface area contributed by atoms with E-state index in [1.54, 1.807) is 6.07 Å². The molecule has 6 heteroatoms. The van der Waals surface area contributed by atoms with Crippen molar-refractivity contribution in [1.29, 1.82) is 0 Å². The number of nitrogens with zero attached hydrogens (tertiary/aromatic N) is 1. The summed E-state index contributed by atoms with van der Waals surface area (Å²) >= 11 is 0. The van der Waals surface area contributed by atoms with Gasteiger partial charge in [-0.3, -0.25) is 0 Å². The minimum Gasteiger partial charge on any atom is -0.334 e. The van der Waals surface area contributed by atoms with Crippen LogP contribution < -0.4 is 5.32 Å². The first-order valence-electron chi connectivity index (χ1n) is 8.03. The first-order chi connectivity index (χ1) is 10.8. The summed E-state index contributed by atoms with van der Waals surface area (Å²) in [4.78, 5) is 14.2. The Morgan fingerprint density at radius 1 is 1.22 bits per heavy atom. The van der Waals surface area contributed by atoms with Crippen molar-refractivity contribution in [3.63, 3.8) is 0 Å². The van der Waals surface area contributed by atoms with Crippen molar-refractivity contribution < 1.29 is 13.2 Å². The maximum absolute atomic E-state index is 12.3. The van der Waals surface area contributed by atoms with Gasteiger partial charge in [-0.15, -0.1) is 0 Å². The monoisotopic (exact) mass is 338 g/mol. The Morgan fingerprint density at radius 3 is 2.48 bits per heavy atom. The van der Waals surface area contributed by atoms with Crippen LogP contribution in [0.4, 0.5) is 4.79 Å². The fourth-order valence-electron chi connectivity index (χ4n) is 2.88. The van der Waals surface area contributed by atoms with Crippen LogP contribution in [0.1, 0.15) is 31.4 Å². The predicted octanol–water partition coefficient (Wildman–Crippen LogP) is 2.42. The molecule has 0 aliphatic carbocycles. The molecule has 5 nitrogen and oxygen atoms in total. The van der Waals surface area contributed by atoms with Gasteiger partial charge in [-0.25, -0.2) is 13.2 Å². The quantitative estimate of drug-likeness (QED) is 0.917. The highest BCUT2D eigenvalue weighted by Gasteiger charge is 2.25. The predicted molar refractivity (Wildman–Crippen MR) is 91.7 cm³/mol. The molecule has 23 heavy (non-hydrogen) atoms. The van der Waals surface area contributed by atoms with E-state index in [1.165, 1.54) is 6.26 Å². The lowest BCUT2D eigenvalue weighted by Crippen LogP contribution is -2.46. The smallest absolute Gasteiger partial charge is 0.317 e. The highest BCUT2D eigenvalue weighted by atomic mass is 32.2. The summed E-state index contributed by atoms with van der Waals surface area (Å²) in [5.41, 5.74) is 1.60. The van der Waals surface area contributed by atoms with E-state index in [0.29, 0.717) is 18.4 Å². The molecule has 128 valence electrons. The number of nitrogens with one attached hydrogen (secondary N) is 1. The molecule has 2 atom stereocenters. The molecule has 1 aliphatic heterocycles. The van der Waals surface area contributed by atoms with E-state index in [0.717, 1.165) is 30.6 Å². The molecular formula is C17H26N2O3S. The third-order valence-corrected chi connectivity index (χ3v) is 5.42. The van der Waals surface area contributed by atoms with Gasteiger partial charge in [-0.1, -0.05) is 38.1 Å². The summed E-state index contributed by atoms with van der Waals surface area (Å²) in [5.74, 6) is 1.15. The van der Waals surface area contributed by atoms with Crippen molar-refractivity contribution in [3.8, 4) is 0 Å². The van der Waals surface area contributed by atoms with Crippen LogP contribution >= 0.6 is 0 Å². The van der Waals surface area contributed by atoms with Crippen LogP contribution in [0.2, 0.25) is 0 Å². The molecule has 1 aliphatic rings. The van der Waals surface area contributed by atoms with Crippen LogP contribution in [0.3, 0.4) is 0 Å². The zero-order valence-corrected chi connectivity index (χ0v) is 14.9. The number of carbonyl (C=O) groups excluding carboxylic acids is 1. The van der Waals surface area contributed by atoms with E-state index in [1.807, 2.05) is 23.1 Å². The number of benzene rings is 1. The number of hydrogen-bond acceptors (Lipinski definition) is 3. The van der Waals surface area contributed by atoms with Gasteiger partial charge in [0.2, 0.25) is 0 Å². The minimum atomic E-state index is -3.10. The molecule has 1 heterocycles. The summed E-state index contributed by atoms with van der Waals surface area (Å²) < 4.78 is 23.0. The van der Waals surface area contributed by atoms with E-state index in [2.05, 4.69) is 19.2 Å². The summed E-state index contributed by atoms with van der Waals surface area (Å²) in [5, 5.41) is 2.92. The molecule has 1 N–H and O–H groups in total. The van der Waals surface area contributed by atoms with Gasteiger partial charge in [-0.2, -0.15) is 0 Å². The van der Waals surface area contributed by atoms with Crippen LogP contribution in [0, 0.1) is 11.8 Å². The molecule has 1 fully saturated rings. The number of amides is 2. The third kappa shape index (κ3) is 5.23. The van der Waals surface area contributed by atoms with Crippen LogP contribution in [0.5, 0.6) is 0 Å². The first-order valence-corrected chi connectivity index (χ1v) is 10.1. The number of hydrogen-bond donors (Lipinski definition) is 1. The molecule has 0 bridgehead atoms. The zero-order valence-electron chi connectivity index (χ0n) is 14.1. The number of urea groups is 1. The molecule has 2 rings (SSSR count). The third-order valence-electron chi connectivity index (χ3n) is 4.59. The van der Waals surface area contributed by atoms with Crippen LogP contribution in [0.15, 0.2) is 24.3 Å². The van der Waals surface area contributed by atoms with Crippen LogP contribution in [-0.2, 0) is 22.1 Å². The number of piperidine rings is 1. The van der Waals surface area contributed by atoms with Crippen molar-refractivity contribution in [2.75, 3.05) is 19.3 Å². The van der Waals surface area contributed by atoms with Crippen molar-refractivity contribution in [2.45, 2.75) is 32.6 Å². The Hall–Kier alpha value is -1.56. The van der Waals surface area contributed by atoms with Gasteiger partial charge in [-0.05, 0) is 29.4 Å². The van der Waals surface area contributed by atoms with Gasteiger partial charge >= 0.3 is 6.03 Å². The highest BCUT2D eigenvalue weighted by molar-refractivity contribution is 7.89. The number of carbonyl (C=O) groups is 1. The highest BCUT2D eigenvalue weighted by Crippen LogP contribution is 2.22. The van der Waals surface area contributed by atoms with Crippen LogP contribution in [0.25, 0.3) is 0 Å². The second kappa shape index (κ2) is 7.34. The molecule has 1 saturated heterocycles. The average molecular weight is 338 g/mol. The molecule has 2 unspecified atom stereocenters. The summed E-state index contributed by atoms with van der Waals surface area (Å²) in [6.07, 6.45) is 2.25. The number of rotatable bonds is 4. The van der Waals surface area contributed by atoms with Crippen molar-refractivity contribution in [2.24, 2.45) is 11.8 Å². The normalized spacial score (nSPS) is 22.0. The largest absolute Gasteiger partial charge is 0.334 e. The molecule has 0 saturated carbocycles. The van der Waals surface area contributed by atoms with E-state index in [-0.39, 0.29) is 11.8 Å². The second-order valence-corrected chi connectivity index (χ2v) is 8.83. The molecule has 0 radical (unpaired) electrons.